The number of hydrogen-bond acceptors (Lipinski definition) is 5. The Morgan fingerprint density at radius 3 is 2.85 bits per heavy atom. The molecule has 3 saturated heterocycles. The molecule has 0 bridgehead atoms. The van der Waals surface area contributed by atoms with Crippen LogP contribution >= 0.6 is 0 Å². The highest BCUT2D eigenvalue weighted by molar-refractivity contribution is 5.93. The zero-order valence-electron chi connectivity index (χ0n) is 14.4. The quantitative estimate of drug-likeness (QED) is 0.824. The summed E-state index contributed by atoms with van der Waals surface area (Å²) in [6.45, 7) is 2.77. The van der Waals surface area contributed by atoms with Crippen molar-refractivity contribution >= 4 is 11.8 Å². The van der Waals surface area contributed by atoms with Crippen molar-refractivity contribution < 1.29 is 18.8 Å². The maximum atomic E-state index is 12.9. The van der Waals surface area contributed by atoms with Crippen molar-refractivity contribution in [2.45, 2.75) is 37.6 Å². The van der Waals surface area contributed by atoms with E-state index >= 15 is 0 Å². The topological polar surface area (TPSA) is 75.9 Å². The second-order valence-corrected chi connectivity index (χ2v) is 7.15. The number of aryl methyl sites for hydroxylation is 1. The molecule has 3 fully saturated rings. The lowest BCUT2D eigenvalue weighted by atomic mass is 10.0. The number of nitrogens with zero attached hydrogens (tertiary/aromatic N) is 3. The number of likely N-dealkylation sites (tertiary alicyclic amines) is 1. The van der Waals surface area contributed by atoms with E-state index in [1.807, 2.05) is 35.2 Å². The van der Waals surface area contributed by atoms with Gasteiger partial charge in [-0.2, -0.15) is 0 Å². The predicted molar refractivity (Wildman–Crippen MR) is 90.0 cm³/mol. The molecule has 0 N–H and O–H groups in total. The summed E-state index contributed by atoms with van der Waals surface area (Å²) in [6, 6.07) is 11.2. The molecule has 1 aromatic carbocycles. The highest BCUT2D eigenvalue weighted by atomic mass is 16.5. The smallest absolute Gasteiger partial charge is 0.292 e. The first kappa shape index (κ1) is 15.6. The van der Waals surface area contributed by atoms with Gasteiger partial charge < -0.3 is 19.1 Å². The van der Waals surface area contributed by atoms with E-state index in [0.29, 0.717) is 25.3 Å². The zero-order valence-corrected chi connectivity index (χ0v) is 14.4. The fraction of sp³-hybridized carbons (Fsp3) is 0.421. The summed E-state index contributed by atoms with van der Waals surface area (Å²) in [6.07, 6.45) is 0.897. The number of aromatic nitrogens is 1. The average molecular weight is 353 g/mol. The molecule has 0 radical (unpaired) electrons. The number of rotatable bonds is 2. The van der Waals surface area contributed by atoms with E-state index in [2.05, 4.69) is 5.16 Å². The maximum absolute atomic E-state index is 12.9. The number of carbonyl (C=O) groups is 2. The highest BCUT2D eigenvalue weighted by Crippen LogP contribution is 2.51. The Balaban J connectivity index is 1.47. The third kappa shape index (κ3) is 2.00. The molecular weight excluding hydrogens is 334 g/mol. The van der Waals surface area contributed by atoms with Gasteiger partial charge in [-0.05, 0) is 12.5 Å². The van der Waals surface area contributed by atoms with Gasteiger partial charge in [0.1, 0.15) is 0 Å². The number of hydrogen-bond donors (Lipinski definition) is 0. The summed E-state index contributed by atoms with van der Waals surface area (Å²) in [5.41, 5.74) is 1.00. The molecule has 4 heterocycles. The van der Waals surface area contributed by atoms with Gasteiger partial charge >= 0.3 is 0 Å². The van der Waals surface area contributed by atoms with Crippen LogP contribution in [-0.2, 0) is 9.53 Å². The second-order valence-electron chi connectivity index (χ2n) is 7.15. The molecule has 7 nitrogen and oxygen atoms in total. The Hall–Kier alpha value is -2.67. The fourth-order valence-electron chi connectivity index (χ4n) is 4.61. The van der Waals surface area contributed by atoms with Gasteiger partial charge in [0, 0.05) is 19.0 Å². The van der Waals surface area contributed by atoms with Crippen LogP contribution in [0.15, 0.2) is 40.9 Å². The van der Waals surface area contributed by atoms with Crippen LogP contribution in [0.5, 0.6) is 0 Å². The summed E-state index contributed by atoms with van der Waals surface area (Å²) < 4.78 is 11.3. The Morgan fingerprint density at radius 1 is 1.31 bits per heavy atom. The molecule has 1 spiro atoms. The van der Waals surface area contributed by atoms with E-state index in [1.54, 1.807) is 17.9 Å². The van der Waals surface area contributed by atoms with E-state index < -0.39 is 5.72 Å². The first-order valence-corrected chi connectivity index (χ1v) is 8.85. The van der Waals surface area contributed by atoms with Crippen molar-refractivity contribution in [2.24, 2.45) is 0 Å². The highest BCUT2D eigenvalue weighted by Gasteiger charge is 2.65. The number of amides is 2. The molecule has 3 aliphatic rings. The van der Waals surface area contributed by atoms with Crippen molar-refractivity contribution in [1.29, 1.82) is 0 Å². The molecule has 5 rings (SSSR count). The lowest BCUT2D eigenvalue weighted by Crippen LogP contribution is -2.49. The molecule has 1 aromatic heterocycles. The number of carbonyl (C=O) groups excluding carboxylic acids is 2. The third-order valence-corrected chi connectivity index (χ3v) is 5.74. The number of ether oxygens (including phenoxy) is 1. The largest absolute Gasteiger partial charge is 0.351 e. The molecule has 2 amide bonds. The molecule has 3 atom stereocenters. The Kier molecular flexibility index (Phi) is 3.24. The van der Waals surface area contributed by atoms with Crippen molar-refractivity contribution in [2.75, 3.05) is 13.2 Å². The van der Waals surface area contributed by atoms with Crippen molar-refractivity contribution in [3.05, 3.63) is 53.4 Å². The van der Waals surface area contributed by atoms with Gasteiger partial charge in [-0.3, -0.25) is 9.59 Å². The van der Waals surface area contributed by atoms with Crippen LogP contribution in [0, 0.1) is 6.92 Å². The van der Waals surface area contributed by atoms with Gasteiger partial charge in [-0.15, -0.1) is 0 Å². The number of benzene rings is 1. The van der Waals surface area contributed by atoms with Crippen LogP contribution in [-0.4, -0.2) is 51.7 Å². The van der Waals surface area contributed by atoms with Crippen LogP contribution in [0.25, 0.3) is 0 Å². The summed E-state index contributed by atoms with van der Waals surface area (Å²) in [5, 5.41) is 3.79. The predicted octanol–water partition coefficient (Wildman–Crippen LogP) is 1.90. The van der Waals surface area contributed by atoms with Crippen LogP contribution in [0.2, 0.25) is 0 Å². The van der Waals surface area contributed by atoms with Crippen LogP contribution in [0.4, 0.5) is 0 Å². The van der Waals surface area contributed by atoms with Crippen molar-refractivity contribution in [3.8, 4) is 0 Å². The molecule has 0 unspecified atom stereocenters. The van der Waals surface area contributed by atoms with Gasteiger partial charge in [0.25, 0.3) is 5.91 Å². The summed E-state index contributed by atoms with van der Waals surface area (Å²) in [7, 11) is 0. The molecular formula is C19H19N3O4. The summed E-state index contributed by atoms with van der Waals surface area (Å²) in [4.78, 5) is 29.3. The van der Waals surface area contributed by atoms with Crippen LogP contribution in [0.3, 0.4) is 0 Å². The average Bonchev–Trinajstić information content (AvgIpc) is 3.38. The minimum absolute atomic E-state index is 0.0348. The molecule has 3 aliphatic heterocycles. The lowest BCUT2D eigenvalue weighted by Gasteiger charge is -2.33. The Bertz CT molecular complexity index is 880. The van der Waals surface area contributed by atoms with Gasteiger partial charge in [-0.1, -0.05) is 35.5 Å². The van der Waals surface area contributed by atoms with Gasteiger partial charge in [0.15, 0.2) is 5.72 Å². The van der Waals surface area contributed by atoms with E-state index in [9.17, 15) is 9.59 Å². The van der Waals surface area contributed by atoms with E-state index in [0.717, 1.165) is 5.56 Å². The maximum Gasteiger partial charge on any atom is 0.292 e. The monoisotopic (exact) mass is 353 g/mol. The minimum atomic E-state index is -0.720. The normalized spacial score (nSPS) is 30.0. The van der Waals surface area contributed by atoms with Gasteiger partial charge in [0.05, 0.1) is 30.8 Å². The standard InChI is InChI=1S/C19H19N3O4/c1-12-9-15(26-20-12)18(24)21-8-7-19-16(21)10-17(23)22(19)14(11-25-19)13-5-3-2-4-6-13/h2-6,9,14,16H,7-8,10-11H2,1H3/t14-,16+,19-/m0/s1. The van der Waals surface area contributed by atoms with Crippen LogP contribution in [0.1, 0.15) is 40.7 Å². The SMILES string of the molecule is Cc1cc(C(=O)N2CC[C@@]34OC[C@@H](c5ccccc5)N3C(=O)C[C@@H]24)on1. The van der Waals surface area contributed by atoms with E-state index in [4.69, 9.17) is 9.26 Å². The molecule has 2 aromatic rings. The molecule has 0 aliphatic carbocycles. The van der Waals surface area contributed by atoms with Gasteiger partial charge in [0.2, 0.25) is 11.7 Å². The summed E-state index contributed by atoms with van der Waals surface area (Å²) in [5.74, 6) is 0.0181. The minimum Gasteiger partial charge on any atom is -0.351 e. The molecule has 134 valence electrons. The lowest BCUT2D eigenvalue weighted by molar-refractivity contribution is -0.138. The zero-order chi connectivity index (χ0) is 17.9. The fourth-order valence-corrected chi connectivity index (χ4v) is 4.61. The Morgan fingerprint density at radius 2 is 2.12 bits per heavy atom. The van der Waals surface area contributed by atoms with Crippen molar-refractivity contribution in [1.82, 2.24) is 15.0 Å². The van der Waals surface area contributed by atoms with E-state index in [1.165, 1.54) is 0 Å². The van der Waals surface area contributed by atoms with E-state index in [-0.39, 0.29) is 36.1 Å². The summed E-state index contributed by atoms with van der Waals surface area (Å²) >= 11 is 0. The molecule has 26 heavy (non-hydrogen) atoms. The molecule has 0 saturated carbocycles. The second kappa shape index (κ2) is 5.41. The first-order chi connectivity index (χ1) is 12.6. The van der Waals surface area contributed by atoms with Gasteiger partial charge in [-0.25, -0.2) is 0 Å². The first-order valence-electron chi connectivity index (χ1n) is 8.85. The van der Waals surface area contributed by atoms with Crippen molar-refractivity contribution in [3.63, 3.8) is 0 Å². The van der Waals surface area contributed by atoms with Crippen LogP contribution < -0.4 is 0 Å². The Labute approximate surface area is 150 Å². The molecule has 7 heteroatoms. The third-order valence-electron chi connectivity index (χ3n) is 5.74.